The monoisotopic (exact) mass is 414 g/mol. The van der Waals surface area contributed by atoms with Crippen LogP contribution in [-0.4, -0.2) is 15.9 Å². The zero-order chi connectivity index (χ0) is 15.6. The Morgan fingerprint density at radius 3 is 2.62 bits per heavy atom. The van der Waals surface area contributed by atoms with Crippen molar-refractivity contribution in [3.8, 4) is 5.75 Å². The van der Waals surface area contributed by atoms with E-state index < -0.39 is 22.3 Å². The van der Waals surface area contributed by atoms with Crippen LogP contribution in [0.5, 0.6) is 5.75 Å². The van der Waals surface area contributed by atoms with E-state index in [1.807, 2.05) is 0 Å². The van der Waals surface area contributed by atoms with Gasteiger partial charge in [-0.15, -0.1) is 0 Å². The van der Waals surface area contributed by atoms with Crippen LogP contribution in [-0.2, 0) is 0 Å². The van der Waals surface area contributed by atoms with Crippen molar-refractivity contribution in [2.45, 2.75) is 0 Å². The molecule has 108 valence electrons. The highest BCUT2D eigenvalue weighted by atomic mass is 79.9. The van der Waals surface area contributed by atoms with Gasteiger partial charge in [-0.3, -0.25) is 14.9 Å². The number of nitrogens with one attached hydrogen (secondary N) is 1. The molecule has 2 aromatic carbocycles. The number of phenols is 1. The van der Waals surface area contributed by atoms with Crippen molar-refractivity contribution in [3.63, 3.8) is 0 Å². The first-order valence-electron chi connectivity index (χ1n) is 5.63. The number of carbonyl (C=O) groups excluding carboxylic acids is 1. The van der Waals surface area contributed by atoms with Gasteiger partial charge in [0.1, 0.15) is 0 Å². The molecule has 0 aliphatic carbocycles. The van der Waals surface area contributed by atoms with Gasteiger partial charge in [-0.1, -0.05) is 22.0 Å². The van der Waals surface area contributed by atoms with Crippen LogP contribution in [0.25, 0.3) is 0 Å². The van der Waals surface area contributed by atoms with Crippen LogP contribution < -0.4 is 5.32 Å². The van der Waals surface area contributed by atoms with Crippen molar-refractivity contribution in [1.82, 2.24) is 0 Å². The lowest BCUT2D eigenvalue weighted by molar-refractivity contribution is -0.385. The summed E-state index contributed by atoms with van der Waals surface area (Å²) in [6, 6.07) is 8.95. The summed E-state index contributed by atoms with van der Waals surface area (Å²) in [5.41, 5.74) is -0.215. The van der Waals surface area contributed by atoms with E-state index in [-0.39, 0.29) is 5.56 Å². The quantitative estimate of drug-likeness (QED) is 0.583. The number of para-hydroxylation sites is 1. The summed E-state index contributed by atoms with van der Waals surface area (Å²) in [5, 5.41) is 23.1. The zero-order valence-corrected chi connectivity index (χ0v) is 13.5. The maximum atomic E-state index is 12.1. The Bertz CT molecular complexity index is 734. The fourth-order valence-corrected chi connectivity index (χ4v) is 2.35. The molecule has 0 fully saturated rings. The number of nitro groups is 1. The molecule has 6 nitrogen and oxygen atoms in total. The molecule has 0 saturated carbocycles. The van der Waals surface area contributed by atoms with Crippen LogP contribution in [0.4, 0.5) is 11.4 Å². The first-order chi connectivity index (χ1) is 9.90. The number of phenolic OH excluding ortho intramolecular Hbond substituents is 1. The molecule has 0 atom stereocenters. The molecule has 0 spiro atoms. The first kappa shape index (κ1) is 15.5. The second-order valence-electron chi connectivity index (χ2n) is 4.01. The van der Waals surface area contributed by atoms with Crippen LogP contribution in [0.3, 0.4) is 0 Å². The third-order valence-corrected chi connectivity index (χ3v) is 3.82. The van der Waals surface area contributed by atoms with Gasteiger partial charge in [-0.25, -0.2) is 0 Å². The predicted molar refractivity (Wildman–Crippen MR) is 84.6 cm³/mol. The standard InChI is InChI=1S/C13H8Br2N2O4/c14-7-4-5-9(15)10(6-7)16-13(19)8-2-1-3-11(12(8)18)17(20)21/h1-6,18H,(H,16,19). The number of hydrogen-bond acceptors (Lipinski definition) is 4. The minimum Gasteiger partial charge on any atom is -0.502 e. The van der Waals surface area contributed by atoms with Crippen LogP contribution in [0, 0.1) is 10.1 Å². The van der Waals surface area contributed by atoms with Crippen molar-refractivity contribution in [2.75, 3.05) is 5.32 Å². The molecule has 21 heavy (non-hydrogen) atoms. The number of nitro benzene ring substituents is 1. The van der Waals surface area contributed by atoms with Gasteiger partial charge in [0.2, 0.25) is 5.75 Å². The lowest BCUT2D eigenvalue weighted by Gasteiger charge is -2.09. The summed E-state index contributed by atoms with van der Waals surface area (Å²) < 4.78 is 1.40. The van der Waals surface area contributed by atoms with Gasteiger partial charge < -0.3 is 10.4 Å². The average Bonchev–Trinajstić information content (AvgIpc) is 2.42. The Kier molecular flexibility index (Phi) is 4.59. The zero-order valence-electron chi connectivity index (χ0n) is 10.3. The van der Waals surface area contributed by atoms with E-state index in [1.165, 1.54) is 12.1 Å². The molecular weight excluding hydrogens is 408 g/mol. The van der Waals surface area contributed by atoms with Crippen molar-refractivity contribution in [3.05, 3.63) is 61.0 Å². The number of carbonyl (C=O) groups is 1. The molecule has 0 unspecified atom stereocenters. The minimum atomic E-state index is -0.749. The molecule has 0 aliphatic rings. The summed E-state index contributed by atoms with van der Waals surface area (Å²) in [7, 11) is 0. The molecule has 0 heterocycles. The van der Waals surface area contributed by atoms with E-state index in [9.17, 15) is 20.0 Å². The van der Waals surface area contributed by atoms with Gasteiger partial charge >= 0.3 is 5.69 Å². The third kappa shape index (κ3) is 3.40. The van der Waals surface area contributed by atoms with Crippen molar-refractivity contribution in [2.24, 2.45) is 0 Å². The molecule has 1 amide bonds. The number of aromatic hydroxyl groups is 1. The molecule has 0 aromatic heterocycles. The van der Waals surface area contributed by atoms with E-state index in [1.54, 1.807) is 18.2 Å². The minimum absolute atomic E-state index is 0.170. The van der Waals surface area contributed by atoms with Gasteiger partial charge in [0, 0.05) is 15.0 Å². The maximum absolute atomic E-state index is 12.1. The van der Waals surface area contributed by atoms with Gasteiger partial charge in [0.25, 0.3) is 5.91 Å². The Labute approximate surface area is 136 Å². The van der Waals surface area contributed by atoms with E-state index in [0.717, 1.165) is 10.5 Å². The predicted octanol–water partition coefficient (Wildman–Crippen LogP) is 4.08. The summed E-state index contributed by atoms with van der Waals surface area (Å²) in [4.78, 5) is 22.1. The van der Waals surface area contributed by atoms with Gasteiger partial charge in [0.05, 0.1) is 16.2 Å². The fraction of sp³-hybridized carbons (Fsp3) is 0. The Hall–Kier alpha value is -1.93. The van der Waals surface area contributed by atoms with E-state index in [0.29, 0.717) is 10.2 Å². The molecule has 0 bridgehead atoms. The summed E-state index contributed by atoms with van der Waals surface area (Å²) in [5.74, 6) is -1.30. The molecule has 2 N–H and O–H groups in total. The fourth-order valence-electron chi connectivity index (χ4n) is 1.64. The topological polar surface area (TPSA) is 92.5 Å². The largest absolute Gasteiger partial charge is 0.502 e. The number of rotatable bonds is 3. The molecule has 2 rings (SSSR count). The average molecular weight is 416 g/mol. The number of halogens is 2. The van der Waals surface area contributed by atoms with Crippen LogP contribution in [0.1, 0.15) is 10.4 Å². The number of hydrogen-bond donors (Lipinski definition) is 2. The van der Waals surface area contributed by atoms with Crippen molar-refractivity contribution >= 4 is 49.1 Å². The molecule has 0 saturated heterocycles. The highest BCUT2D eigenvalue weighted by molar-refractivity contribution is 9.11. The summed E-state index contributed by atoms with van der Waals surface area (Å²) in [6.45, 7) is 0. The van der Waals surface area contributed by atoms with Crippen LogP contribution in [0.2, 0.25) is 0 Å². The number of benzene rings is 2. The van der Waals surface area contributed by atoms with E-state index >= 15 is 0 Å². The number of amides is 1. The Morgan fingerprint density at radius 1 is 1.24 bits per heavy atom. The summed E-state index contributed by atoms with van der Waals surface area (Å²) >= 11 is 6.56. The summed E-state index contributed by atoms with van der Waals surface area (Å²) in [6.07, 6.45) is 0. The Balaban J connectivity index is 2.35. The third-order valence-electron chi connectivity index (χ3n) is 2.63. The highest BCUT2D eigenvalue weighted by Gasteiger charge is 2.21. The van der Waals surface area contributed by atoms with Crippen molar-refractivity contribution in [1.29, 1.82) is 0 Å². The first-order valence-corrected chi connectivity index (χ1v) is 7.21. The molecule has 0 aliphatic heterocycles. The van der Waals surface area contributed by atoms with Crippen LogP contribution >= 0.6 is 31.9 Å². The van der Waals surface area contributed by atoms with E-state index in [2.05, 4.69) is 37.2 Å². The SMILES string of the molecule is O=C(Nc1cc(Br)ccc1Br)c1cccc([N+](=O)[O-])c1O. The number of anilines is 1. The second-order valence-corrected chi connectivity index (χ2v) is 5.78. The highest BCUT2D eigenvalue weighted by Crippen LogP contribution is 2.31. The van der Waals surface area contributed by atoms with Crippen LogP contribution in [0.15, 0.2) is 45.3 Å². The lowest BCUT2D eigenvalue weighted by atomic mass is 10.1. The lowest BCUT2D eigenvalue weighted by Crippen LogP contribution is -2.13. The van der Waals surface area contributed by atoms with E-state index in [4.69, 9.17) is 0 Å². The van der Waals surface area contributed by atoms with Gasteiger partial charge in [-0.2, -0.15) is 0 Å². The van der Waals surface area contributed by atoms with Gasteiger partial charge in [-0.05, 0) is 40.2 Å². The molecule has 0 radical (unpaired) electrons. The normalized spacial score (nSPS) is 10.2. The second kappa shape index (κ2) is 6.23. The maximum Gasteiger partial charge on any atom is 0.311 e. The van der Waals surface area contributed by atoms with Gasteiger partial charge in [0.15, 0.2) is 0 Å². The Morgan fingerprint density at radius 2 is 1.95 bits per heavy atom. The molecular formula is C13H8Br2N2O4. The van der Waals surface area contributed by atoms with Crippen molar-refractivity contribution < 1.29 is 14.8 Å². The molecule has 2 aromatic rings. The smallest absolute Gasteiger partial charge is 0.311 e. The number of nitrogens with zero attached hydrogens (tertiary/aromatic N) is 1. The molecule has 8 heteroatoms.